The van der Waals surface area contributed by atoms with Crippen LogP contribution in [0.2, 0.25) is 5.02 Å². The molecule has 0 aromatic heterocycles. The Labute approximate surface area is 175 Å². The van der Waals surface area contributed by atoms with Gasteiger partial charge >= 0.3 is 0 Å². The number of nitrogens with zero attached hydrogens (tertiary/aromatic N) is 1. The molecule has 4 rings (SSSR count). The first kappa shape index (κ1) is 21.0. The minimum absolute atomic E-state index is 0.0301. The Hall–Kier alpha value is -2.73. The molecule has 1 heterocycles. The highest BCUT2D eigenvalue weighted by Gasteiger charge is 2.43. The van der Waals surface area contributed by atoms with E-state index < -0.39 is 5.91 Å². The van der Waals surface area contributed by atoms with E-state index in [1.54, 1.807) is 25.1 Å². The molecule has 1 fully saturated rings. The van der Waals surface area contributed by atoms with Crippen LogP contribution in [0, 0.1) is 11.8 Å². The van der Waals surface area contributed by atoms with Crippen molar-refractivity contribution in [2.75, 3.05) is 10.6 Å². The first-order valence-corrected chi connectivity index (χ1v) is 10.0. The molecule has 2 aromatic carbocycles. The highest BCUT2D eigenvalue weighted by atomic mass is 35.5. The van der Waals surface area contributed by atoms with Gasteiger partial charge in [-0.25, -0.2) is 0 Å². The number of phenols is 1. The first-order valence-electron chi connectivity index (χ1n) is 9.65. The fraction of sp³-hybridized carbons (Fsp3) is 0.364. The van der Waals surface area contributed by atoms with Crippen LogP contribution < -0.4 is 16.4 Å². The Morgan fingerprint density at radius 1 is 1.17 bits per heavy atom. The monoisotopic (exact) mass is 415 g/mol. The third-order valence-electron chi connectivity index (χ3n) is 5.48. The van der Waals surface area contributed by atoms with Crippen molar-refractivity contribution in [3.05, 3.63) is 52.5 Å². The van der Waals surface area contributed by atoms with Gasteiger partial charge < -0.3 is 21.5 Å². The van der Waals surface area contributed by atoms with Crippen LogP contribution in [-0.2, 0) is 11.2 Å². The van der Waals surface area contributed by atoms with Gasteiger partial charge in [0.2, 0.25) is 11.8 Å². The molecular weight excluding hydrogens is 390 g/mol. The molecule has 7 heteroatoms. The third-order valence-corrected chi connectivity index (χ3v) is 5.72. The number of hydrogen-bond donors (Lipinski definition) is 3. The number of hydrogen-bond acceptors (Lipinski definition) is 4. The molecule has 2 aliphatic rings. The lowest BCUT2D eigenvalue weighted by atomic mass is 9.83. The predicted molar refractivity (Wildman–Crippen MR) is 115 cm³/mol. The summed E-state index contributed by atoms with van der Waals surface area (Å²) in [6.07, 6.45) is 3.34. The van der Waals surface area contributed by atoms with Crippen molar-refractivity contribution in [3.63, 3.8) is 0 Å². The van der Waals surface area contributed by atoms with Crippen LogP contribution in [0.25, 0.3) is 0 Å². The van der Waals surface area contributed by atoms with Crippen LogP contribution in [0.3, 0.4) is 0 Å². The Bertz CT molecular complexity index is 943. The van der Waals surface area contributed by atoms with Gasteiger partial charge in [-0.2, -0.15) is 0 Å². The van der Waals surface area contributed by atoms with Crippen LogP contribution in [0.4, 0.5) is 11.4 Å². The van der Waals surface area contributed by atoms with E-state index in [0.717, 1.165) is 17.7 Å². The summed E-state index contributed by atoms with van der Waals surface area (Å²) in [5.41, 5.74) is 13.5. The molecule has 6 nitrogen and oxygen atoms in total. The van der Waals surface area contributed by atoms with Gasteiger partial charge in [0.15, 0.2) is 0 Å². The van der Waals surface area contributed by atoms with Crippen LogP contribution in [-0.4, -0.2) is 23.0 Å². The minimum atomic E-state index is -0.417. The van der Waals surface area contributed by atoms with E-state index in [4.69, 9.17) is 28.2 Å². The summed E-state index contributed by atoms with van der Waals surface area (Å²) in [5, 5.41) is 9.38. The molecule has 2 aromatic rings. The van der Waals surface area contributed by atoms with Crippen molar-refractivity contribution in [2.45, 2.75) is 39.2 Å². The van der Waals surface area contributed by atoms with Crippen molar-refractivity contribution in [1.82, 2.24) is 0 Å². The molecular formula is C22H26ClN3O3. The van der Waals surface area contributed by atoms with E-state index >= 15 is 0 Å². The smallest absolute Gasteiger partial charge is 0.248 e. The lowest BCUT2D eigenvalue weighted by Crippen LogP contribution is -2.48. The Morgan fingerprint density at radius 3 is 2.38 bits per heavy atom. The van der Waals surface area contributed by atoms with E-state index in [-0.39, 0.29) is 11.7 Å². The van der Waals surface area contributed by atoms with Crippen molar-refractivity contribution >= 4 is 34.8 Å². The Balaban J connectivity index is 0.000000224. The summed E-state index contributed by atoms with van der Waals surface area (Å²) >= 11 is 5.50. The second kappa shape index (κ2) is 8.33. The van der Waals surface area contributed by atoms with Crippen molar-refractivity contribution in [3.8, 4) is 5.75 Å². The Morgan fingerprint density at radius 2 is 1.86 bits per heavy atom. The highest BCUT2D eigenvalue weighted by Crippen LogP contribution is 2.45. The fourth-order valence-corrected chi connectivity index (χ4v) is 4.20. The van der Waals surface area contributed by atoms with Crippen LogP contribution in [0.1, 0.15) is 42.6 Å². The van der Waals surface area contributed by atoms with E-state index in [1.807, 2.05) is 17.0 Å². The normalized spacial score (nSPS) is 20.3. The zero-order chi connectivity index (χ0) is 21.3. The molecule has 0 saturated heterocycles. The zero-order valence-electron chi connectivity index (χ0n) is 16.6. The van der Waals surface area contributed by atoms with E-state index in [2.05, 4.69) is 6.92 Å². The molecule has 2 amide bonds. The molecule has 0 spiro atoms. The number of carbonyl (C=O) groups excluding carboxylic acids is 2. The molecule has 0 radical (unpaired) electrons. The maximum Gasteiger partial charge on any atom is 0.248 e. The van der Waals surface area contributed by atoms with Crippen LogP contribution in [0.5, 0.6) is 5.75 Å². The van der Waals surface area contributed by atoms with Gasteiger partial charge in [0.25, 0.3) is 0 Å². The molecule has 1 aliphatic carbocycles. The number of fused-ring (bicyclic) bond motifs is 1. The minimum Gasteiger partial charge on any atom is -0.506 e. The van der Waals surface area contributed by atoms with E-state index in [1.165, 1.54) is 18.9 Å². The SMILES string of the molecule is CC(=O)N1c2ccc(C(N)=O)cc2CC(C)[C@@H]1C1CC1.Nc1ccc(Cl)cc1O. The Kier molecular flexibility index (Phi) is 6.03. The van der Waals surface area contributed by atoms with Crippen molar-refractivity contribution < 1.29 is 14.7 Å². The van der Waals surface area contributed by atoms with Gasteiger partial charge in [0.1, 0.15) is 5.75 Å². The standard InChI is InChI=1S/C16H20N2O2.C6H6ClNO/c1-9-7-13-8-12(16(17)20)5-6-14(13)18(10(2)19)15(9)11-3-4-11;7-4-1-2-5(8)6(9)3-4/h5-6,8-9,11,15H,3-4,7H2,1-2H3,(H2,17,20);1-3,9H,8H2/t9?,15-;/m1./s1. The second-order valence-corrected chi connectivity index (χ2v) is 8.25. The largest absolute Gasteiger partial charge is 0.506 e. The van der Waals surface area contributed by atoms with Gasteiger partial charge in [-0.05, 0) is 67.0 Å². The lowest BCUT2D eigenvalue weighted by molar-refractivity contribution is -0.117. The number of amides is 2. The van der Waals surface area contributed by atoms with Gasteiger partial charge in [0.05, 0.1) is 5.69 Å². The fourth-order valence-electron chi connectivity index (χ4n) is 4.03. The summed E-state index contributed by atoms with van der Waals surface area (Å²) < 4.78 is 0. The van der Waals surface area contributed by atoms with Crippen LogP contribution >= 0.6 is 11.6 Å². The quantitative estimate of drug-likeness (QED) is 0.512. The number of halogens is 1. The van der Waals surface area contributed by atoms with Crippen molar-refractivity contribution in [1.29, 1.82) is 0 Å². The summed E-state index contributed by atoms with van der Waals surface area (Å²) in [7, 11) is 0. The number of aromatic hydroxyl groups is 1. The lowest BCUT2D eigenvalue weighted by Gasteiger charge is -2.41. The molecule has 1 aliphatic heterocycles. The van der Waals surface area contributed by atoms with Gasteiger partial charge in [0, 0.05) is 35.3 Å². The summed E-state index contributed by atoms with van der Waals surface area (Å²) in [5.74, 6) is 0.753. The molecule has 29 heavy (non-hydrogen) atoms. The summed E-state index contributed by atoms with van der Waals surface area (Å²) in [6, 6.07) is 10.3. The maximum absolute atomic E-state index is 12.1. The maximum atomic E-state index is 12.1. The third kappa shape index (κ3) is 4.65. The number of nitrogen functional groups attached to an aromatic ring is 1. The zero-order valence-corrected chi connectivity index (χ0v) is 17.3. The number of carbonyl (C=O) groups is 2. The molecule has 1 saturated carbocycles. The average Bonchev–Trinajstić information content (AvgIpc) is 3.48. The van der Waals surface area contributed by atoms with E-state index in [0.29, 0.717) is 34.2 Å². The van der Waals surface area contributed by atoms with Gasteiger partial charge in [-0.15, -0.1) is 0 Å². The van der Waals surface area contributed by atoms with Gasteiger partial charge in [-0.3, -0.25) is 9.59 Å². The van der Waals surface area contributed by atoms with Crippen molar-refractivity contribution in [2.24, 2.45) is 17.6 Å². The molecule has 2 atom stereocenters. The van der Waals surface area contributed by atoms with E-state index in [9.17, 15) is 9.59 Å². The highest BCUT2D eigenvalue weighted by molar-refractivity contribution is 6.30. The molecule has 154 valence electrons. The van der Waals surface area contributed by atoms with Crippen LogP contribution in [0.15, 0.2) is 36.4 Å². The molecule has 5 N–H and O–H groups in total. The summed E-state index contributed by atoms with van der Waals surface area (Å²) in [4.78, 5) is 25.3. The molecule has 1 unspecified atom stereocenters. The van der Waals surface area contributed by atoms with Gasteiger partial charge in [-0.1, -0.05) is 18.5 Å². The predicted octanol–water partition coefficient (Wildman–Crippen LogP) is 3.74. The number of primary amides is 1. The number of phenolic OH excluding ortho intramolecular Hbond substituents is 1. The second-order valence-electron chi connectivity index (χ2n) is 7.81. The number of rotatable bonds is 2. The topological polar surface area (TPSA) is 110 Å². The number of nitrogens with two attached hydrogens (primary N) is 2. The molecule has 0 bridgehead atoms. The summed E-state index contributed by atoms with van der Waals surface area (Å²) in [6.45, 7) is 3.82. The number of benzene rings is 2. The number of anilines is 2. The first-order chi connectivity index (χ1) is 13.7. The average molecular weight is 416 g/mol.